The molecule has 4 rings (SSSR count). The molecule has 214 valence electrons. The number of nitrogens with zero attached hydrogens (tertiary/aromatic N) is 2. The summed E-state index contributed by atoms with van der Waals surface area (Å²) in [5.74, 6) is 0.693. The topological polar surface area (TPSA) is 22.3 Å². The Balaban J connectivity index is 1.24. The molecular weight excluding hydrogens is 474 g/mol. The summed E-state index contributed by atoms with van der Waals surface area (Å²) in [4.78, 5) is 9.05. The highest BCUT2D eigenvalue weighted by atomic mass is 15.3. The van der Waals surface area contributed by atoms with E-state index in [-0.39, 0.29) is 5.41 Å². The molecule has 1 saturated carbocycles. The molecule has 1 saturated heterocycles. The summed E-state index contributed by atoms with van der Waals surface area (Å²) in [6, 6.07) is 9.50. The number of H-pyrrole nitrogens is 1. The van der Waals surface area contributed by atoms with Crippen LogP contribution in [0.1, 0.15) is 85.1 Å². The smallest absolute Gasteiger partial charge is 0.0456 e. The Morgan fingerprint density at radius 3 is 2.33 bits per heavy atom. The van der Waals surface area contributed by atoms with Crippen LogP contribution in [0.15, 0.2) is 66.9 Å². The number of allylic oxidation sites excluding steroid dienone is 5. The van der Waals surface area contributed by atoms with Gasteiger partial charge in [-0.05, 0) is 79.4 Å². The van der Waals surface area contributed by atoms with Crippen LogP contribution >= 0.6 is 0 Å². The lowest BCUT2D eigenvalue weighted by molar-refractivity contribution is 0.0502. The predicted octanol–water partition coefficient (Wildman–Crippen LogP) is 8.80. The Labute approximate surface area is 239 Å². The second kappa shape index (κ2) is 13.5. The first-order valence-corrected chi connectivity index (χ1v) is 15.7. The first kappa shape index (κ1) is 29.9. The zero-order valence-electron chi connectivity index (χ0n) is 25.6. The van der Waals surface area contributed by atoms with Gasteiger partial charge in [0, 0.05) is 55.9 Å². The third kappa shape index (κ3) is 8.44. The molecule has 0 unspecified atom stereocenters. The molecule has 39 heavy (non-hydrogen) atoms. The van der Waals surface area contributed by atoms with Gasteiger partial charge in [0.05, 0.1) is 0 Å². The van der Waals surface area contributed by atoms with Crippen LogP contribution in [0.5, 0.6) is 0 Å². The molecule has 3 heteroatoms. The molecule has 1 aromatic carbocycles. The number of piperazine rings is 1. The van der Waals surface area contributed by atoms with Gasteiger partial charge in [0.1, 0.15) is 0 Å². The third-order valence-corrected chi connectivity index (χ3v) is 9.24. The Morgan fingerprint density at radius 2 is 1.67 bits per heavy atom. The second-order valence-corrected chi connectivity index (χ2v) is 14.0. The van der Waals surface area contributed by atoms with Gasteiger partial charge < -0.3 is 9.88 Å². The SMILES string of the molecule is C=C/C(=C\C=C/C)C1CCCC(N2CCN(CC(C)(C)CC(C)(C)Cc3c[nH]c4ccccc34)CC2)CCC1. The largest absolute Gasteiger partial charge is 0.361 e. The molecule has 0 spiro atoms. The molecule has 0 amide bonds. The van der Waals surface area contributed by atoms with Crippen molar-refractivity contribution in [3.8, 4) is 0 Å². The molecule has 0 radical (unpaired) electrons. The molecule has 2 fully saturated rings. The molecule has 1 N–H and O–H groups in total. The van der Waals surface area contributed by atoms with E-state index in [1.54, 1.807) is 0 Å². The number of nitrogens with one attached hydrogen (secondary N) is 1. The van der Waals surface area contributed by atoms with Crippen molar-refractivity contribution >= 4 is 10.9 Å². The molecule has 0 atom stereocenters. The van der Waals surface area contributed by atoms with Gasteiger partial charge in [0.2, 0.25) is 0 Å². The highest BCUT2D eigenvalue weighted by molar-refractivity contribution is 5.83. The summed E-state index contributed by atoms with van der Waals surface area (Å²) >= 11 is 0. The zero-order valence-corrected chi connectivity index (χ0v) is 25.6. The number of para-hydroxylation sites is 1. The highest BCUT2D eigenvalue weighted by Crippen LogP contribution is 2.38. The molecule has 1 aliphatic carbocycles. The van der Waals surface area contributed by atoms with Crippen LogP contribution in [-0.4, -0.2) is 53.5 Å². The summed E-state index contributed by atoms with van der Waals surface area (Å²) < 4.78 is 0. The van der Waals surface area contributed by atoms with E-state index >= 15 is 0 Å². The van der Waals surface area contributed by atoms with Gasteiger partial charge >= 0.3 is 0 Å². The lowest BCUT2D eigenvalue weighted by atomic mass is 9.72. The third-order valence-electron chi connectivity index (χ3n) is 9.24. The molecule has 2 heterocycles. The van der Waals surface area contributed by atoms with Crippen molar-refractivity contribution in [1.82, 2.24) is 14.8 Å². The minimum atomic E-state index is 0.264. The zero-order chi connectivity index (χ0) is 27.9. The average molecular weight is 530 g/mol. The fourth-order valence-electron chi connectivity index (χ4n) is 7.86. The van der Waals surface area contributed by atoms with E-state index in [4.69, 9.17) is 0 Å². The number of hydrogen-bond acceptors (Lipinski definition) is 2. The van der Waals surface area contributed by atoms with Crippen molar-refractivity contribution in [2.45, 2.75) is 92.0 Å². The van der Waals surface area contributed by atoms with Gasteiger partial charge in [-0.15, -0.1) is 0 Å². The summed E-state index contributed by atoms with van der Waals surface area (Å²) in [6.07, 6.45) is 21.3. The standard InChI is InChI=1S/C36H55N3/c1-7-9-14-29(8-2)30-15-12-17-32(18-13-16-30)39-23-21-38(22-24-39)28-36(5,6)27-35(3,4)25-31-26-37-34-20-11-10-19-33(31)34/h7-11,14,19-20,26,30,32,37H,2,12-13,15-18,21-25,27-28H2,1,3-6H3/b9-7-,29-14+. The Hall–Kier alpha value is -2.10. The summed E-state index contributed by atoms with van der Waals surface area (Å²) in [5.41, 5.74) is 4.72. The normalized spacial score (nSPS) is 23.3. The molecule has 3 nitrogen and oxygen atoms in total. The van der Waals surface area contributed by atoms with Crippen LogP contribution in [0.25, 0.3) is 10.9 Å². The predicted molar refractivity (Wildman–Crippen MR) is 170 cm³/mol. The fraction of sp³-hybridized carbons (Fsp3) is 0.611. The number of aromatic amines is 1. The van der Waals surface area contributed by atoms with Crippen molar-refractivity contribution < 1.29 is 0 Å². The molecule has 1 aliphatic heterocycles. The Morgan fingerprint density at radius 1 is 0.974 bits per heavy atom. The first-order valence-electron chi connectivity index (χ1n) is 15.7. The van der Waals surface area contributed by atoms with Gasteiger partial charge in [-0.2, -0.15) is 0 Å². The van der Waals surface area contributed by atoms with E-state index in [2.05, 4.69) is 111 Å². The second-order valence-electron chi connectivity index (χ2n) is 14.0. The van der Waals surface area contributed by atoms with Crippen molar-refractivity contribution in [3.05, 3.63) is 72.5 Å². The van der Waals surface area contributed by atoms with Crippen molar-refractivity contribution in [3.63, 3.8) is 0 Å². The number of fused-ring (bicyclic) bond motifs is 1. The van der Waals surface area contributed by atoms with E-state index in [0.29, 0.717) is 11.3 Å². The lowest BCUT2D eigenvalue weighted by Gasteiger charge is -2.44. The van der Waals surface area contributed by atoms with Crippen LogP contribution < -0.4 is 0 Å². The van der Waals surface area contributed by atoms with E-state index in [1.165, 1.54) is 99.7 Å². The Kier molecular flexibility index (Phi) is 10.3. The molecule has 0 bridgehead atoms. The van der Waals surface area contributed by atoms with Gasteiger partial charge in [-0.1, -0.05) is 89.6 Å². The molecule has 1 aromatic heterocycles. The van der Waals surface area contributed by atoms with E-state index in [0.717, 1.165) is 12.5 Å². The van der Waals surface area contributed by atoms with Crippen LogP contribution in [0.3, 0.4) is 0 Å². The van der Waals surface area contributed by atoms with Gasteiger partial charge in [-0.3, -0.25) is 4.90 Å². The highest BCUT2D eigenvalue weighted by Gasteiger charge is 2.33. The van der Waals surface area contributed by atoms with Crippen LogP contribution in [0.4, 0.5) is 0 Å². The molecule has 2 aliphatic rings. The quantitative estimate of drug-likeness (QED) is 0.311. The summed E-state index contributed by atoms with van der Waals surface area (Å²) in [6.45, 7) is 22.2. The van der Waals surface area contributed by atoms with Crippen LogP contribution in [-0.2, 0) is 6.42 Å². The van der Waals surface area contributed by atoms with Crippen molar-refractivity contribution in [2.75, 3.05) is 32.7 Å². The van der Waals surface area contributed by atoms with Gasteiger partial charge in [-0.25, -0.2) is 0 Å². The van der Waals surface area contributed by atoms with E-state index in [1.807, 2.05) is 0 Å². The van der Waals surface area contributed by atoms with Gasteiger partial charge in [0.15, 0.2) is 0 Å². The monoisotopic (exact) mass is 529 g/mol. The molecule has 2 aromatic rings. The lowest BCUT2D eigenvalue weighted by Crippen LogP contribution is -2.52. The first-order chi connectivity index (χ1) is 18.7. The average Bonchev–Trinajstić information content (AvgIpc) is 3.27. The van der Waals surface area contributed by atoms with Crippen molar-refractivity contribution in [1.29, 1.82) is 0 Å². The van der Waals surface area contributed by atoms with Crippen LogP contribution in [0, 0.1) is 16.7 Å². The summed E-state index contributed by atoms with van der Waals surface area (Å²) in [7, 11) is 0. The maximum absolute atomic E-state index is 4.09. The summed E-state index contributed by atoms with van der Waals surface area (Å²) in [5, 5.41) is 1.38. The minimum absolute atomic E-state index is 0.264. The van der Waals surface area contributed by atoms with E-state index < -0.39 is 0 Å². The maximum atomic E-state index is 4.09. The van der Waals surface area contributed by atoms with Gasteiger partial charge in [0.25, 0.3) is 0 Å². The fourth-order valence-corrected chi connectivity index (χ4v) is 7.86. The Bertz CT molecular complexity index is 1100. The maximum Gasteiger partial charge on any atom is 0.0456 e. The number of hydrogen-bond donors (Lipinski definition) is 1. The molecular formula is C36H55N3. The number of aromatic nitrogens is 1. The number of rotatable bonds is 10. The number of benzene rings is 1. The minimum Gasteiger partial charge on any atom is -0.361 e. The van der Waals surface area contributed by atoms with E-state index in [9.17, 15) is 0 Å². The van der Waals surface area contributed by atoms with Crippen LogP contribution in [0.2, 0.25) is 0 Å². The van der Waals surface area contributed by atoms with Crippen molar-refractivity contribution in [2.24, 2.45) is 16.7 Å².